The van der Waals surface area contributed by atoms with Crippen LogP contribution in [-0.4, -0.2) is 21.4 Å². The van der Waals surface area contributed by atoms with Crippen molar-refractivity contribution in [3.8, 4) is 28.2 Å². The first-order valence-corrected chi connectivity index (χ1v) is 22.1. The molecule has 0 saturated heterocycles. The van der Waals surface area contributed by atoms with E-state index in [1.807, 2.05) is 6.07 Å². The normalized spacial score (nSPS) is 15.4. The van der Waals surface area contributed by atoms with E-state index in [0.717, 1.165) is 79.7 Å². The molecule has 12 rings (SSSR count). The molecule has 0 bridgehead atoms. The van der Waals surface area contributed by atoms with Crippen LogP contribution in [0.2, 0.25) is 0 Å². The molecular weight excluding hydrogens is 755 g/mol. The number of aromatic nitrogens is 3. The zero-order valence-corrected chi connectivity index (χ0v) is 36.9. The van der Waals surface area contributed by atoms with Crippen LogP contribution < -0.4 is 16.2 Å². The van der Waals surface area contributed by atoms with E-state index in [1.165, 1.54) is 55.1 Å². The van der Waals surface area contributed by atoms with Crippen molar-refractivity contribution in [1.82, 2.24) is 14.1 Å². The van der Waals surface area contributed by atoms with Gasteiger partial charge in [-0.25, -0.2) is 4.98 Å². The van der Waals surface area contributed by atoms with Crippen molar-refractivity contribution in [1.29, 1.82) is 0 Å². The minimum atomic E-state index is 0.0386. The summed E-state index contributed by atoms with van der Waals surface area (Å²) in [6.07, 6.45) is 2.30. The van der Waals surface area contributed by atoms with Crippen LogP contribution in [0.5, 0.6) is 0 Å². The Morgan fingerprint density at radius 3 is 2.15 bits per heavy atom. The predicted octanol–water partition coefficient (Wildman–Crippen LogP) is 13.3. The third-order valence-corrected chi connectivity index (χ3v) is 14.4. The standard InChI is InChI=1S/C56H50BN4O/c1-54(2,3)33-18-20-34(21-19-33)58-44-29-42-41(55(4,5)24-25-56(42,6)7)26-38(44)36-22-23-37-39-28-50-40(35-16-12-13-17-49(35)62-50)27-46(39)61-47-31-48-45(30-43(47)57-51(36)52(37)61)59-53(60(48)8)32-14-10-9-11-15-32/h9-23,26-31,58H,24-25H2,1-8H3. The average Bonchev–Trinajstić information content (AvgIpc) is 3.90. The minimum Gasteiger partial charge on any atom is -0.456 e. The van der Waals surface area contributed by atoms with E-state index in [1.54, 1.807) is 0 Å². The number of para-hydroxylation sites is 1. The summed E-state index contributed by atoms with van der Waals surface area (Å²) in [7, 11) is 4.56. The molecule has 0 saturated carbocycles. The first-order valence-electron chi connectivity index (χ1n) is 22.1. The second kappa shape index (κ2) is 12.8. The fraction of sp³-hybridized carbons (Fsp3) is 0.232. The number of hydrogen-bond donors (Lipinski definition) is 1. The summed E-state index contributed by atoms with van der Waals surface area (Å²) in [5.74, 6) is 0.959. The fourth-order valence-corrected chi connectivity index (χ4v) is 10.7. The average molecular weight is 806 g/mol. The van der Waals surface area contributed by atoms with E-state index < -0.39 is 0 Å². The van der Waals surface area contributed by atoms with Crippen molar-refractivity contribution in [3.63, 3.8) is 0 Å². The van der Waals surface area contributed by atoms with Gasteiger partial charge in [0.2, 0.25) is 0 Å². The van der Waals surface area contributed by atoms with Crippen molar-refractivity contribution in [2.24, 2.45) is 7.05 Å². The molecule has 2 aliphatic rings. The molecule has 1 N–H and O–H groups in total. The van der Waals surface area contributed by atoms with Gasteiger partial charge in [-0.15, -0.1) is 0 Å². The number of rotatable bonds is 4. The van der Waals surface area contributed by atoms with Gasteiger partial charge < -0.3 is 18.9 Å². The highest BCUT2D eigenvalue weighted by Gasteiger charge is 2.38. The van der Waals surface area contributed by atoms with Gasteiger partial charge in [-0.1, -0.05) is 127 Å². The van der Waals surface area contributed by atoms with Crippen molar-refractivity contribution < 1.29 is 4.42 Å². The summed E-state index contributed by atoms with van der Waals surface area (Å²) in [4.78, 5) is 5.27. The number of nitrogens with zero attached hydrogens (tertiary/aromatic N) is 3. The van der Waals surface area contributed by atoms with Crippen LogP contribution in [0.25, 0.3) is 83.0 Å². The predicted molar refractivity (Wildman–Crippen MR) is 262 cm³/mol. The van der Waals surface area contributed by atoms with Gasteiger partial charge in [0.05, 0.1) is 16.6 Å². The van der Waals surface area contributed by atoms with Crippen LogP contribution in [0.1, 0.15) is 78.0 Å². The second-order valence-electron chi connectivity index (χ2n) is 20.3. The Morgan fingerprint density at radius 2 is 1.39 bits per heavy atom. The molecule has 0 unspecified atom stereocenters. The maximum absolute atomic E-state index is 6.53. The zero-order valence-electron chi connectivity index (χ0n) is 36.9. The maximum atomic E-state index is 6.53. The molecule has 0 atom stereocenters. The van der Waals surface area contributed by atoms with Crippen molar-refractivity contribution >= 4 is 84.4 Å². The molecule has 0 amide bonds. The third kappa shape index (κ3) is 5.44. The molecule has 5 nitrogen and oxygen atoms in total. The Bertz CT molecular complexity index is 3500. The van der Waals surface area contributed by atoms with E-state index >= 15 is 0 Å². The largest absolute Gasteiger partial charge is 0.456 e. The van der Waals surface area contributed by atoms with E-state index in [0.29, 0.717) is 0 Å². The molecule has 6 heteroatoms. The number of fused-ring (bicyclic) bond motifs is 10. The summed E-state index contributed by atoms with van der Waals surface area (Å²) < 4.78 is 11.3. The summed E-state index contributed by atoms with van der Waals surface area (Å²) in [5.41, 5.74) is 19.9. The van der Waals surface area contributed by atoms with Gasteiger partial charge in [0, 0.05) is 62.3 Å². The molecule has 1 radical (unpaired) electrons. The second-order valence-corrected chi connectivity index (χ2v) is 20.3. The molecule has 62 heavy (non-hydrogen) atoms. The fourth-order valence-electron chi connectivity index (χ4n) is 10.7. The highest BCUT2D eigenvalue weighted by molar-refractivity contribution is 6.73. The molecule has 1 aliphatic carbocycles. The van der Waals surface area contributed by atoms with Crippen LogP contribution in [0.3, 0.4) is 0 Å². The van der Waals surface area contributed by atoms with Crippen LogP contribution >= 0.6 is 0 Å². The quantitative estimate of drug-likeness (QED) is 0.180. The van der Waals surface area contributed by atoms with Gasteiger partial charge in [-0.3, -0.25) is 0 Å². The van der Waals surface area contributed by atoms with Crippen LogP contribution in [0.4, 0.5) is 11.4 Å². The van der Waals surface area contributed by atoms with Gasteiger partial charge in [-0.2, -0.15) is 0 Å². The van der Waals surface area contributed by atoms with Crippen molar-refractivity contribution in [3.05, 3.63) is 144 Å². The van der Waals surface area contributed by atoms with Crippen LogP contribution in [0, 0.1) is 0 Å². The number of nitrogens with one attached hydrogen (secondary N) is 1. The molecule has 3 aromatic heterocycles. The monoisotopic (exact) mass is 805 g/mol. The summed E-state index contributed by atoms with van der Waals surface area (Å²) in [5, 5.41) is 8.63. The molecule has 4 heterocycles. The molecule has 7 aromatic carbocycles. The van der Waals surface area contributed by atoms with Gasteiger partial charge in [0.1, 0.15) is 17.0 Å². The summed E-state index contributed by atoms with van der Waals surface area (Å²) >= 11 is 0. The van der Waals surface area contributed by atoms with Crippen molar-refractivity contribution in [2.75, 3.05) is 5.32 Å². The number of hydrogen-bond acceptors (Lipinski definition) is 3. The Morgan fingerprint density at radius 1 is 0.661 bits per heavy atom. The minimum absolute atomic E-state index is 0.0386. The Kier molecular flexibility index (Phi) is 7.67. The highest BCUT2D eigenvalue weighted by atomic mass is 16.3. The SMILES string of the molecule is Cn1c(-c2ccccc2)nc2cc3c(cc21)-n1c2cc4c(cc2c2ccc(-c5cc6c(cc5Nc5ccc(C(C)(C)C)cc5)C(C)(C)CCC6(C)C)c(c21)[B]3)oc1ccccc14. The number of anilines is 2. The van der Waals surface area contributed by atoms with Crippen LogP contribution in [0.15, 0.2) is 132 Å². The van der Waals surface area contributed by atoms with Gasteiger partial charge >= 0.3 is 0 Å². The molecule has 0 fully saturated rings. The molecular formula is C56H50BN4O. The lowest BCUT2D eigenvalue weighted by molar-refractivity contribution is 0.332. The number of furan rings is 1. The zero-order chi connectivity index (χ0) is 42.4. The van der Waals surface area contributed by atoms with E-state index in [4.69, 9.17) is 9.40 Å². The Labute approximate surface area is 363 Å². The smallest absolute Gasteiger partial charge is 0.198 e. The third-order valence-electron chi connectivity index (χ3n) is 14.4. The van der Waals surface area contributed by atoms with Crippen molar-refractivity contribution in [2.45, 2.75) is 77.6 Å². The van der Waals surface area contributed by atoms with Gasteiger partial charge in [0.25, 0.3) is 0 Å². The lowest BCUT2D eigenvalue weighted by atomic mass is 9.58. The van der Waals surface area contributed by atoms with E-state index in [-0.39, 0.29) is 16.2 Å². The van der Waals surface area contributed by atoms with Gasteiger partial charge in [-0.05, 0) is 111 Å². The summed E-state index contributed by atoms with van der Waals surface area (Å²) in [6, 6.07) is 47.0. The number of imidazole rings is 1. The Hall–Kier alpha value is -6.53. The lowest BCUT2D eigenvalue weighted by Crippen LogP contribution is -2.37. The maximum Gasteiger partial charge on any atom is 0.198 e. The topological polar surface area (TPSA) is 47.9 Å². The lowest BCUT2D eigenvalue weighted by Gasteiger charge is -2.42. The molecule has 10 aromatic rings. The molecule has 0 spiro atoms. The summed E-state index contributed by atoms with van der Waals surface area (Å²) in [6.45, 7) is 16.5. The number of aryl methyl sites for hydroxylation is 1. The first kappa shape index (κ1) is 37.3. The van der Waals surface area contributed by atoms with Crippen LogP contribution in [-0.2, 0) is 23.3 Å². The highest BCUT2D eigenvalue weighted by Crippen LogP contribution is 2.50. The number of benzene rings is 7. The van der Waals surface area contributed by atoms with E-state index in [9.17, 15) is 0 Å². The molecule has 1 aliphatic heterocycles. The van der Waals surface area contributed by atoms with Gasteiger partial charge in [0.15, 0.2) is 7.28 Å². The van der Waals surface area contributed by atoms with E-state index in [2.05, 4.69) is 199 Å². The first-order chi connectivity index (χ1) is 29.7. The molecule has 303 valence electrons. The Balaban J connectivity index is 1.15.